The normalized spacial score (nSPS) is 10.7. The van der Waals surface area contributed by atoms with Gasteiger partial charge in [0.2, 0.25) is 0 Å². The number of imidazole rings is 1. The Hall–Kier alpha value is -4.98. The van der Waals surface area contributed by atoms with Gasteiger partial charge in [-0.05, 0) is 66.7 Å². The summed E-state index contributed by atoms with van der Waals surface area (Å²) in [5, 5.41) is 5.68. The average molecular weight is 463 g/mol. The lowest BCUT2D eigenvalue weighted by molar-refractivity contribution is 0.101. The highest BCUT2D eigenvalue weighted by Crippen LogP contribution is 2.23. The molecule has 0 fully saturated rings. The molecule has 2 heterocycles. The third-order valence-electron chi connectivity index (χ3n) is 5.43. The van der Waals surface area contributed by atoms with Crippen LogP contribution in [-0.2, 0) is 0 Å². The standard InChI is InChI=1S/C27H21N5O3/c1-35-22-11-9-20(10-12-22)29-27(34)19-8-13-23-24(15-19)32-25(31-23)17-4-6-18(7-5-17)26(33)30-21-3-2-14-28-16-21/h2-16H,1H3,(H,29,34)(H,30,33)(H,31,32). The lowest BCUT2D eigenvalue weighted by Crippen LogP contribution is -2.11. The molecule has 0 radical (unpaired) electrons. The van der Waals surface area contributed by atoms with Gasteiger partial charge in [0.05, 0.1) is 30.0 Å². The molecule has 3 aromatic carbocycles. The number of hydrogen-bond donors (Lipinski definition) is 3. The van der Waals surface area contributed by atoms with E-state index in [9.17, 15) is 9.59 Å². The molecule has 8 heteroatoms. The van der Waals surface area contributed by atoms with Crippen molar-refractivity contribution in [2.75, 3.05) is 17.7 Å². The molecule has 35 heavy (non-hydrogen) atoms. The molecule has 2 amide bonds. The fourth-order valence-electron chi connectivity index (χ4n) is 3.58. The van der Waals surface area contributed by atoms with Gasteiger partial charge < -0.3 is 20.4 Å². The van der Waals surface area contributed by atoms with Crippen LogP contribution in [-0.4, -0.2) is 33.9 Å². The highest BCUT2D eigenvalue weighted by atomic mass is 16.5. The Kier molecular flexibility index (Phi) is 5.92. The number of nitrogens with zero attached hydrogens (tertiary/aromatic N) is 2. The fourth-order valence-corrected chi connectivity index (χ4v) is 3.58. The van der Waals surface area contributed by atoms with E-state index in [4.69, 9.17) is 4.74 Å². The molecule has 0 aliphatic heterocycles. The maximum absolute atomic E-state index is 12.7. The maximum Gasteiger partial charge on any atom is 0.255 e. The van der Waals surface area contributed by atoms with Crippen LogP contribution >= 0.6 is 0 Å². The first-order valence-corrected chi connectivity index (χ1v) is 10.9. The van der Waals surface area contributed by atoms with Crippen LogP contribution in [0.15, 0.2) is 91.3 Å². The number of nitrogens with one attached hydrogen (secondary N) is 3. The average Bonchev–Trinajstić information content (AvgIpc) is 3.33. The molecule has 0 saturated heterocycles. The molecule has 0 bridgehead atoms. The summed E-state index contributed by atoms with van der Waals surface area (Å²) in [5.41, 5.74) is 4.61. The van der Waals surface area contributed by atoms with E-state index in [1.165, 1.54) is 0 Å². The van der Waals surface area contributed by atoms with E-state index in [0.29, 0.717) is 33.8 Å². The first kappa shape index (κ1) is 21.8. The van der Waals surface area contributed by atoms with Crippen LogP contribution in [0.1, 0.15) is 20.7 Å². The van der Waals surface area contributed by atoms with Gasteiger partial charge >= 0.3 is 0 Å². The van der Waals surface area contributed by atoms with E-state index in [2.05, 4.69) is 25.6 Å². The van der Waals surface area contributed by atoms with Gasteiger partial charge in [0.25, 0.3) is 11.8 Å². The number of anilines is 2. The summed E-state index contributed by atoms with van der Waals surface area (Å²) in [5.74, 6) is 0.912. The number of fused-ring (bicyclic) bond motifs is 1. The molecule has 0 aliphatic rings. The van der Waals surface area contributed by atoms with E-state index >= 15 is 0 Å². The number of ether oxygens (including phenoxy) is 1. The van der Waals surface area contributed by atoms with Crippen LogP contribution in [0.5, 0.6) is 5.75 Å². The van der Waals surface area contributed by atoms with Gasteiger partial charge in [-0.15, -0.1) is 0 Å². The van der Waals surface area contributed by atoms with Crippen molar-refractivity contribution in [1.29, 1.82) is 0 Å². The zero-order chi connectivity index (χ0) is 24.2. The first-order valence-electron chi connectivity index (χ1n) is 10.9. The predicted octanol–water partition coefficient (Wildman–Crippen LogP) is 5.14. The van der Waals surface area contributed by atoms with Gasteiger partial charge in [0.15, 0.2) is 0 Å². The zero-order valence-electron chi connectivity index (χ0n) is 18.8. The number of carbonyl (C=O) groups is 2. The maximum atomic E-state index is 12.7. The van der Waals surface area contributed by atoms with Crippen LogP contribution in [0.2, 0.25) is 0 Å². The Balaban J connectivity index is 1.31. The SMILES string of the molecule is COc1ccc(NC(=O)c2ccc3[nH]c(-c4ccc(C(=O)Nc5cccnc5)cc4)nc3c2)cc1. The van der Waals surface area contributed by atoms with E-state index in [1.54, 1.807) is 80.2 Å². The Morgan fingerprint density at radius 3 is 2.26 bits per heavy atom. The molecular weight excluding hydrogens is 442 g/mol. The van der Waals surface area contributed by atoms with Crippen molar-refractivity contribution < 1.29 is 14.3 Å². The van der Waals surface area contributed by atoms with E-state index in [-0.39, 0.29) is 11.8 Å². The van der Waals surface area contributed by atoms with Crippen LogP contribution in [0.25, 0.3) is 22.4 Å². The second-order valence-corrected chi connectivity index (χ2v) is 7.77. The number of pyridine rings is 1. The van der Waals surface area contributed by atoms with Gasteiger partial charge in [-0.1, -0.05) is 12.1 Å². The summed E-state index contributed by atoms with van der Waals surface area (Å²) in [6.07, 6.45) is 3.24. The molecule has 8 nitrogen and oxygen atoms in total. The van der Waals surface area contributed by atoms with Crippen molar-refractivity contribution in [3.63, 3.8) is 0 Å². The van der Waals surface area contributed by atoms with Crippen LogP contribution in [0.4, 0.5) is 11.4 Å². The predicted molar refractivity (Wildman–Crippen MR) is 135 cm³/mol. The summed E-state index contributed by atoms with van der Waals surface area (Å²) in [6, 6.07) is 23.1. The van der Waals surface area contributed by atoms with Gasteiger partial charge in [-0.25, -0.2) is 4.98 Å². The van der Waals surface area contributed by atoms with Crippen molar-refractivity contribution in [2.24, 2.45) is 0 Å². The van der Waals surface area contributed by atoms with Crippen molar-refractivity contribution in [2.45, 2.75) is 0 Å². The van der Waals surface area contributed by atoms with Crippen molar-refractivity contribution >= 4 is 34.2 Å². The van der Waals surface area contributed by atoms with Crippen molar-refractivity contribution in [3.8, 4) is 17.1 Å². The lowest BCUT2D eigenvalue weighted by atomic mass is 10.1. The van der Waals surface area contributed by atoms with Crippen molar-refractivity contribution in [3.05, 3.63) is 102 Å². The highest BCUT2D eigenvalue weighted by molar-refractivity contribution is 6.06. The van der Waals surface area contributed by atoms with Gasteiger partial charge in [0.1, 0.15) is 11.6 Å². The van der Waals surface area contributed by atoms with Gasteiger partial charge in [0, 0.05) is 28.6 Å². The second-order valence-electron chi connectivity index (χ2n) is 7.77. The highest BCUT2D eigenvalue weighted by Gasteiger charge is 2.12. The number of amides is 2. The molecule has 0 aliphatic carbocycles. The second kappa shape index (κ2) is 9.48. The van der Waals surface area contributed by atoms with Crippen LogP contribution < -0.4 is 15.4 Å². The summed E-state index contributed by atoms with van der Waals surface area (Å²) in [6.45, 7) is 0. The minimum absolute atomic E-state index is 0.221. The van der Waals surface area contributed by atoms with E-state index in [0.717, 1.165) is 16.8 Å². The smallest absolute Gasteiger partial charge is 0.255 e. The Morgan fingerprint density at radius 1 is 0.829 bits per heavy atom. The van der Waals surface area contributed by atoms with E-state index in [1.807, 2.05) is 18.2 Å². The fraction of sp³-hybridized carbons (Fsp3) is 0.0370. The minimum atomic E-state index is -0.231. The summed E-state index contributed by atoms with van der Waals surface area (Å²) < 4.78 is 5.14. The number of carbonyl (C=O) groups excluding carboxylic acids is 2. The summed E-state index contributed by atoms with van der Waals surface area (Å²) in [7, 11) is 1.59. The van der Waals surface area contributed by atoms with Crippen LogP contribution in [0.3, 0.4) is 0 Å². The monoisotopic (exact) mass is 463 g/mol. The first-order chi connectivity index (χ1) is 17.1. The Labute approximate surface area is 201 Å². The molecule has 0 unspecified atom stereocenters. The van der Waals surface area contributed by atoms with Gasteiger partial charge in [-0.3, -0.25) is 14.6 Å². The van der Waals surface area contributed by atoms with E-state index < -0.39 is 0 Å². The number of methoxy groups -OCH3 is 1. The molecule has 0 spiro atoms. The molecule has 0 saturated carbocycles. The Morgan fingerprint density at radius 2 is 1.54 bits per heavy atom. The molecular formula is C27H21N5O3. The molecule has 3 N–H and O–H groups in total. The molecule has 5 aromatic rings. The largest absolute Gasteiger partial charge is 0.497 e. The third kappa shape index (κ3) is 4.86. The number of benzene rings is 3. The number of aromatic amines is 1. The molecule has 172 valence electrons. The van der Waals surface area contributed by atoms with Crippen LogP contribution in [0, 0.1) is 0 Å². The number of aromatic nitrogens is 3. The summed E-state index contributed by atoms with van der Waals surface area (Å²) >= 11 is 0. The quantitative estimate of drug-likeness (QED) is 0.323. The molecule has 2 aromatic heterocycles. The summed E-state index contributed by atoms with van der Waals surface area (Å²) in [4.78, 5) is 37.1. The number of H-pyrrole nitrogens is 1. The zero-order valence-corrected chi connectivity index (χ0v) is 18.8. The third-order valence-corrected chi connectivity index (χ3v) is 5.43. The lowest BCUT2D eigenvalue weighted by Gasteiger charge is -2.06. The van der Waals surface area contributed by atoms with Crippen molar-refractivity contribution in [1.82, 2.24) is 15.0 Å². The van der Waals surface area contributed by atoms with Gasteiger partial charge in [-0.2, -0.15) is 0 Å². The minimum Gasteiger partial charge on any atom is -0.497 e. The molecule has 5 rings (SSSR count). The molecule has 0 atom stereocenters. The number of hydrogen-bond acceptors (Lipinski definition) is 5. The Bertz CT molecular complexity index is 1490. The topological polar surface area (TPSA) is 109 Å². The number of rotatable bonds is 6.